The van der Waals surface area contributed by atoms with Crippen LogP contribution in [0.15, 0.2) is 30.6 Å². The van der Waals surface area contributed by atoms with Gasteiger partial charge in [-0.2, -0.15) is 5.10 Å². The molecule has 2 aromatic heterocycles. The average molecular weight is 378 g/mol. The Morgan fingerprint density at radius 1 is 1.31 bits per heavy atom. The maximum atomic E-state index is 12.0. The fourth-order valence-electron chi connectivity index (χ4n) is 2.27. The van der Waals surface area contributed by atoms with Crippen molar-refractivity contribution in [2.45, 2.75) is 0 Å². The smallest absolute Gasteiger partial charge is 0.360 e. The van der Waals surface area contributed by atoms with Gasteiger partial charge in [-0.15, -0.1) is 10.2 Å². The average Bonchev–Trinajstić information content (AvgIpc) is 3.18. The van der Waals surface area contributed by atoms with Gasteiger partial charge in [0.2, 0.25) is 0 Å². The molecule has 134 valence electrons. The number of nitrogens with one attached hydrogen (secondary N) is 1. The number of carbonyl (C=O) groups is 1. The number of ether oxygens (including phenoxy) is 2. The molecule has 0 spiro atoms. The highest BCUT2D eigenvalue weighted by atomic mass is 35.5. The van der Waals surface area contributed by atoms with Crippen LogP contribution in [0.1, 0.15) is 14.6 Å². The number of halogens is 1. The molecule has 2 heterocycles. The second kappa shape index (κ2) is 7.36. The monoisotopic (exact) mass is 377 g/mol. The Bertz CT molecular complexity index is 1060. The molecule has 0 saturated carbocycles. The molecule has 26 heavy (non-hydrogen) atoms. The topological polar surface area (TPSA) is 104 Å². The Hall–Kier alpha value is -3.20. The molecule has 0 atom stereocenters. The van der Waals surface area contributed by atoms with E-state index in [9.17, 15) is 4.79 Å². The van der Waals surface area contributed by atoms with Gasteiger partial charge in [0.15, 0.2) is 22.4 Å². The lowest BCUT2D eigenvalue weighted by atomic mass is 10.1. The molecule has 0 aliphatic carbocycles. The number of para-hydroxylation sites is 1. The number of hydrogen-bond acceptors (Lipinski definition) is 8. The second-order valence-corrected chi connectivity index (χ2v) is 5.33. The van der Waals surface area contributed by atoms with Gasteiger partial charge >= 0.3 is 5.97 Å². The molecule has 0 radical (unpaired) electrons. The summed E-state index contributed by atoms with van der Waals surface area (Å²) in [7, 11) is 2.65. The first-order valence-electron chi connectivity index (χ1n) is 8.72. The number of rotatable bonds is 5. The number of carbonyl (C=O) groups excluding carboxylic acids is 1. The van der Waals surface area contributed by atoms with E-state index in [0.717, 1.165) is 11.0 Å². The predicted octanol–water partition coefficient (Wildman–Crippen LogP) is 2.46. The maximum absolute atomic E-state index is 12.0. The fourth-order valence-corrected chi connectivity index (χ4v) is 2.42. The van der Waals surface area contributed by atoms with E-state index in [1.807, 2.05) is 0 Å². The summed E-state index contributed by atoms with van der Waals surface area (Å²) in [6, 6.07) is 6.44. The van der Waals surface area contributed by atoms with Crippen molar-refractivity contribution in [3.8, 4) is 17.1 Å². The molecule has 3 rings (SSSR count). The van der Waals surface area contributed by atoms with Crippen molar-refractivity contribution in [2.75, 3.05) is 19.5 Å². The van der Waals surface area contributed by atoms with E-state index >= 15 is 0 Å². The predicted molar refractivity (Wildman–Crippen MR) is 94.7 cm³/mol. The van der Waals surface area contributed by atoms with Crippen molar-refractivity contribution in [3.63, 3.8) is 0 Å². The highest BCUT2D eigenvalue weighted by molar-refractivity contribution is 6.29. The Balaban J connectivity index is 2.05. The lowest BCUT2D eigenvalue weighted by molar-refractivity contribution is 0.0594. The standard InChI is InChI=1S/C16H15ClN6O3/c1-23-8-18-15(22-23)9-5-4-6-10(14(9)25-2)19-11-7-12(17)20-21-13(11)16(24)26-3/h4-8H,1-3H3,(H,19,20)/i1D3. The first-order valence-corrected chi connectivity index (χ1v) is 7.60. The van der Waals surface area contributed by atoms with Crippen LogP contribution in [0.5, 0.6) is 5.75 Å². The van der Waals surface area contributed by atoms with Gasteiger partial charge in [-0.25, -0.2) is 9.78 Å². The zero-order valence-corrected chi connectivity index (χ0v) is 14.5. The van der Waals surface area contributed by atoms with Gasteiger partial charge in [0.25, 0.3) is 0 Å². The van der Waals surface area contributed by atoms with Crippen molar-refractivity contribution in [2.24, 2.45) is 6.98 Å². The molecule has 1 N–H and O–H groups in total. The third-order valence-corrected chi connectivity index (χ3v) is 3.55. The van der Waals surface area contributed by atoms with Crippen molar-refractivity contribution in [3.05, 3.63) is 41.4 Å². The van der Waals surface area contributed by atoms with Crippen LogP contribution in [0, 0.1) is 0 Å². The van der Waals surface area contributed by atoms with Crippen LogP contribution in [-0.4, -0.2) is 45.2 Å². The number of esters is 1. The lowest BCUT2D eigenvalue weighted by Gasteiger charge is -2.15. The van der Waals surface area contributed by atoms with Gasteiger partial charge in [-0.3, -0.25) is 4.68 Å². The normalized spacial score (nSPS) is 12.7. The Kier molecular flexibility index (Phi) is 3.97. The molecular weight excluding hydrogens is 360 g/mol. The van der Waals surface area contributed by atoms with Gasteiger partial charge < -0.3 is 14.8 Å². The second-order valence-electron chi connectivity index (χ2n) is 4.95. The third-order valence-electron chi connectivity index (χ3n) is 3.36. The summed E-state index contributed by atoms with van der Waals surface area (Å²) < 4.78 is 33.2. The summed E-state index contributed by atoms with van der Waals surface area (Å²) in [4.78, 5) is 16.0. The maximum Gasteiger partial charge on any atom is 0.360 e. The summed E-state index contributed by atoms with van der Waals surface area (Å²) in [5.74, 6) is -0.231. The van der Waals surface area contributed by atoms with Crippen molar-refractivity contribution in [1.82, 2.24) is 25.0 Å². The molecule has 0 unspecified atom stereocenters. The van der Waals surface area contributed by atoms with Crippen LogP contribution in [-0.2, 0) is 11.7 Å². The van der Waals surface area contributed by atoms with E-state index < -0.39 is 12.9 Å². The van der Waals surface area contributed by atoms with E-state index in [0.29, 0.717) is 17.0 Å². The van der Waals surface area contributed by atoms with E-state index in [4.69, 9.17) is 25.2 Å². The van der Waals surface area contributed by atoms with Gasteiger partial charge in [0.05, 0.1) is 31.2 Å². The van der Waals surface area contributed by atoms with Crippen molar-refractivity contribution < 1.29 is 18.4 Å². The SMILES string of the molecule is [2H]C([2H])([2H])n1cnc(-c2cccc(Nc3cc(Cl)nnc3C(=O)OC)c2OC)n1. The molecule has 10 heteroatoms. The van der Waals surface area contributed by atoms with Crippen molar-refractivity contribution >= 4 is 28.9 Å². The number of nitrogens with zero attached hydrogens (tertiary/aromatic N) is 5. The number of aryl methyl sites for hydroxylation is 1. The minimum atomic E-state index is -2.46. The minimum absolute atomic E-state index is 0.0633. The molecule has 0 saturated heterocycles. The minimum Gasteiger partial charge on any atom is -0.494 e. The van der Waals surface area contributed by atoms with E-state index in [-0.39, 0.29) is 22.4 Å². The Labute approximate surface area is 158 Å². The molecule has 0 aliphatic heterocycles. The van der Waals surface area contributed by atoms with Gasteiger partial charge in [0.1, 0.15) is 6.33 Å². The van der Waals surface area contributed by atoms with Crippen LogP contribution in [0.2, 0.25) is 5.15 Å². The number of anilines is 2. The third kappa shape index (κ3) is 3.42. The number of benzene rings is 1. The zero-order valence-electron chi connectivity index (χ0n) is 16.7. The molecule has 0 fully saturated rings. The molecule has 0 aliphatic rings. The summed E-state index contributed by atoms with van der Waals surface area (Å²) in [6.07, 6.45) is 1.11. The van der Waals surface area contributed by atoms with E-state index in [2.05, 4.69) is 25.6 Å². The Morgan fingerprint density at radius 2 is 2.15 bits per heavy atom. The molecule has 1 aromatic carbocycles. The van der Waals surface area contributed by atoms with Gasteiger partial charge in [-0.05, 0) is 12.1 Å². The highest BCUT2D eigenvalue weighted by Gasteiger charge is 2.19. The summed E-state index contributed by atoms with van der Waals surface area (Å²) in [5, 5.41) is 14.5. The quantitative estimate of drug-likeness (QED) is 0.676. The summed E-state index contributed by atoms with van der Waals surface area (Å²) in [5.41, 5.74) is 1.04. The fraction of sp³-hybridized carbons (Fsp3) is 0.188. The Morgan fingerprint density at radius 3 is 2.85 bits per heavy atom. The van der Waals surface area contributed by atoms with Crippen LogP contribution in [0.3, 0.4) is 0 Å². The van der Waals surface area contributed by atoms with Crippen LogP contribution in [0.4, 0.5) is 11.4 Å². The van der Waals surface area contributed by atoms with E-state index in [1.165, 1.54) is 20.3 Å². The molecular formula is C16H15ClN6O3. The van der Waals surface area contributed by atoms with Gasteiger partial charge in [0, 0.05) is 17.2 Å². The highest BCUT2D eigenvalue weighted by Crippen LogP contribution is 2.37. The number of aromatic nitrogens is 5. The molecule has 0 amide bonds. The zero-order chi connectivity index (χ0) is 21.2. The van der Waals surface area contributed by atoms with Crippen LogP contribution >= 0.6 is 11.6 Å². The molecule has 3 aromatic rings. The first kappa shape index (κ1) is 14.0. The summed E-state index contributed by atoms with van der Waals surface area (Å²) in [6.45, 7) is -2.46. The van der Waals surface area contributed by atoms with E-state index in [1.54, 1.807) is 18.2 Å². The summed E-state index contributed by atoms with van der Waals surface area (Å²) >= 11 is 5.90. The van der Waals surface area contributed by atoms with Crippen LogP contribution in [0.25, 0.3) is 11.4 Å². The van der Waals surface area contributed by atoms with Crippen LogP contribution < -0.4 is 10.1 Å². The number of hydrogen-bond donors (Lipinski definition) is 1. The van der Waals surface area contributed by atoms with Gasteiger partial charge in [-0.1, -0.05) is 17.7 Å². The lowest BCUT2D eigenvalue weighted by Crippen LogP contribution is -2.10. The first-order chi connectivity index (χ1) is 13.7. The van der Waals surface area contributed by atoms with Crippen molar-refractivity contribution in [1.29, 1.82) is 0 Å². The molecule has 0 bridgehead atoms. The largest absolute Gasteiger partial charge is 0.494 e. The molecule has 9 nitrogen and oxygen atoms in total. The number of methoxy groups -OCH3 is 2.